The van der Waals surface area contributed by atoms with Crippen molar-refractivity contribution in [3.8, 4) is 0 Å². The number of hydrogen-bond acceptors (Lipinski definition) is 2. The van der Waals surface area contributed by atoms with E-state index in [1.807, 2.05) is 6.92 Å². The minimum atomic E-state index is -0.932. The third kappa shape index (κ3) is 2.91. The smallest absolute Gasteiger partial charge is 0.335 e. The Balaban J connectivity index is 3.04. The first-order valence-electron chi connectivity index (χ1n) is 5.00. The lowest BCUT2D eigenvalue weighted by molar-refractivity contribution is 0.0695. The number of carbonyl (C=O) groups is 2. The van der Waals surface area contributed by atoms with Crippen LogP contribution in [0.3, 0.4) is 0 Å². The molecule has 0 amide bonds. The van der Waals surface area contributed by atoms with Gasteiger partial charge in [0.15, 0.2) is 0 Å². The van der Waals surface area contributed by atoms with Crippen LogP contribution in [0.4, 0.5) is 0 Å². The molecule has 0 heterocycles. The van der Waals surface area contributed by atoms with Gasteiger partial charge in [0.25, 0.3) is 0 Å². The predicted molar refractivity (Wildman–Crippen MR) is 57.4 cm³/mol. The number of aromatic carboxylic acids is 1. The number of unbranched alkanes of at least 4 members (excludes halogenated alkanes) is 1. The summed E-state index contributed by atoms with van der Waals surface area (Å²) in [5, 5.41) is 8.94. The number of benzene rings is 1. The predicted octanol–water partition coefficient (Wildman–Crippen LogP) is 2.54. The van der Waals surface area contributed by atoms with Crippen LogP contribution in [0.15, 0.2) is 18.2 Å². The molecule has 0 spiro atoms. The minimum Gasteiger partial charge on any atom is -0.478 e. The van der Waals surface area contributed by atoms with Gasteiger partial charge in [0.2, 0.25) is 0 Å². The molecular formula is C12H14O3. The second-order valence-corrected chi connectivity index (χ2v) is 3.44. The fraction of sp³-hybridized carbons (Fsp3) is 0.333. The van der Waals surface area contributed by atoms with Crippen molar-refractivity contribution < 1.29 is 14.7 Å². The van der Waals surface area contributed by atoms with Crippen LogP contribution in [0.1, 0.15) is 46.0 Å². The number of carbonyl (C=O) groups excluding carboxylic acids is 1. The molecule has 80 valence electrons. The van der Waals surface area contributed by atoms with Gasteiger partial charge in [-0.15, -0.1) is 0 Å². The molecule has 0 unspecified atom stereocenters. The van der Waals surface area contributed by atoms with Crippen molar-refractivity contribution in [1.82, 2.24) is 0 Å². The molecule has 1 aromatic rings. The average molecular weight is 206 g/mol. The maximum atomic E-state index is 10.9. The molecule has 0 saturated carbocycles. The Kier molecular flexibility index (Phi) is 4.03. The number of hydrogen-bond donors (Lipinski definition) is 1. The number of aryl methyl sites for hydroxylation is 1. The molecule has 0 aliphatic heterocycles. The maximum Gasteiger partial charge on any atom is 0.335 e. The second kappa shape index (κ2) is 5.29. The van der Waals surface area contributed by atoms with Gasteiger partial charge >= 0.3 is 5.97 Å². The molecule has 0 radical (unpaired) electrons. The van der Waals surface area contributed by atoms with Crippen LogP contribution in [0.25, 0.3) is 0 Å². The van der Waals surface area contributed by atoms with Crippen LogP contribution in [-0.2, 0) is 6.42 Å². The Bertz CT molecular complexity index is 369. The highest BCUT2D eigenvalue weighted by atomic mass is 16.4. The monoisotopic (exact) mass is 206 g/mol. The fourth-order valence-electron chi connectivity index (χ4n) is 1.47. The maximum absolute atomic E-state index is 10.9. The van der Waals surface area contributed by atoms with E-state index >= 15 is 0 Å². The van der Waals surface area contributed by atoms with E-state index in [0.29, 0.717) is 17.5 Å². The summed E-state index contributed by atoms with van der Waals surface area (Å²) in [5.74, 6) is -0.932. The topological polar surface area (TPSA) is 54.4 Å². The van der Waals surface area contributed by atoms with Crippen molar-refractivity contribution in [3.05, 3.63) is 34.9 Å². The van der Waals surface area contributed by atoms with Gasteiger partial charge in [0.1, 0.15) is 6.29 Å². The molecule has 0 bridgehead atoms. The summed E-state index contributed by atoms with van der Waals surface area (Å²) in [6, 6.07) is 4.69. The van der Waals surface area contributed by atoms with Crippen molar-refractivity contribution in [3.63, 3.8) is 0 Å². The number of carboxylic acids is 1. The van der Waals surface area contributed by atoms with Gasteiger partial charge in [0.05, 0.1) is 5.56 Å². The summed E-state index contributed by atoms with van der Waals surface area (Å²) in [7, 11) is 0. The zero-order valence-corrected chi connectivity index (χ0v) is 8.69. The number of aldehydes is 1. The third-order valence-electron chi connectivity index (χ3n) is 2.30. The van der Waals surface area contributed by atoms with Gasteiger partial charge in [-0.1, -0.05) is 19.4 Å². The summed E-state index contributed by atoms with van der Waals surface area (Å²) in [5.41, 5.74) is 1.58. The van der Waals surface area contributed by atoms with Gasteiger partial charge in [-0.25, -0.2) is 4.79 Å². The van der Waals surface area contributed by atoms with Gasteiger partial charge in [0, 0.05) is 5.56 Å². The molecule has 0 aliphatic carbocycles. The normalized spacial score (nSPS) is 9.93. The minimum absolute atomic E-state index is 0.300. The molecule has 0 fully saturated rings. The number of carboxylic acid groups (broad SMARTS) is 1. The fourth-order valence-corrected chi connectivity index (χ4v) is 1.47. The van der Waals surface area contributed by atoms with E-state index in [1.165, 1.54) is 12.1 Å². The largest absolute Gasteiger partial charge is 0.478 e. The zero-order chi connectivity index (χ0) is 11.3. The Hall–Kier alpha value is -1.64. The van der Waals surface area contributed by atoms with Crippen LogP contribution in [0.5, 0.6) is 0 Å². The lowest BCUT2D eigenvalue weighted by atomic mass is 10.00. The van der Waals surface area contributed by atoms with Crippen LogP contribution in [0.2, 0.25) is 0 Å². The molecule has 1 N–H and O–H groups in total. The molecule has 3 heteroatoms. The molecule has 0 saturated heterocycles. The Morgan fingerprint density at radius 3 is 2.73 bits per heavy atom. The molecule has 0 aliphatic rings. The third-order valence-corrected chi connectivity index (χ3v) is 2.30. The average Bonchev–Trinajstić information content (AvgIpc) is 2.25. The van der Waals surface area contributed by atoms with Crippen LogP contribution in [-0.4, -0.2) is 17.4 Å². The van der Waals surface area contributed by atoms with Crippen LogP contribution < -0.4 is 0 Å². The summed E-state index contributed by atoms with van der Waals surface area (Å²) < 4.78 is 0. The van der Waals surface area contributed by atoms with Gasteiger partial charge < -0.3 is 5.11 Å². The molecule has 1 aromatic carbocycles. The van der Waals surface area contributed by atoms with E-state index < -0.39 is 5.97 Å². The van der Waals surface area contributed by atoms with Gasteiger partial charge in [-0.05, 0) is 30.5 Å². The SMILES string of the molecule is CCCCc1cc(C=O)ccc1C(=O)O. The molecule has 0 atom stereocenters. The summed E-state index contributed by atoms with van der Waals surface area (Å²) in [6.07, 6.45) is 3.38. The van der Waals surface area contributed by atoms with E-state index in [4.69, 9.17) is 5.11 Å². The van der Waals surface area contributed by atoms with Gasteiger partial charge in [-0.3, -0.25) is 4.79 Å². The van der Waals surface area contributed by atoms with Crippen molar-refractivity contribution in [2.75, 3.05) is 0 Å². The van der Waals surface area contributed by atoms with Crippen LogP contribution in [0, 0.1) is 0 Å². The highest BCUT2D eigenvalue weighted by Crippen LogP contribution is 2.14. The zero-order valence-electron chi connectivity index (χ0n) is 8.69. The Morgan fingerprint density at radius 1 is 1.47 bits per heavy atom. The molecule has 15 heavy (non-hydrogen) atoms. The highest BCUT2D eigenvalue weighted by molar-refractivity contribution is 5.90. The van der Waals surface area contributed by atoms with Crippen molar-refractivity contribution in [2.45, 2.75) is 26.2 Å². The van der Waals surface area contributed by atoms with E-state index in [-0.39, 0.29) is 0 Å². The van der Waals surface area contributed by atoms with Gasteiger partial charge in [-0.2, -0.15) is 0 Å². The summed E-state index contributed by atoms with van der Waals surface area (Å²) in [4.78, 5) is 21.5. The van der Waals surface area contributed by atoms with E-state index in [2.05, 4.69) is 0 Å². The van der Waals surface area contributed by atoms with Crippen molar-refractivity contribution >= 4 is 12.3 Å². The van der Waals surface area contributed by atoms with Crippen LogP contribution >= 0.6 is 0 Å². The molecule has 3 nitrogen and oxygen atoms in total. The Morgan fingerprint density at radius 2 is 2.20 bits per heavy atom. The second-order valence-electron chi connectivity index (χ2n) is 3.44. The molecule has 0 aromatic heterocycles. The van der Waals surface area contributed by atoms with Crippen molar-refractivity contribution in [1.29, 1.82) is 0 Å². The van der Waals surface area contributed by atoms with E-state index in [0.717, 1.165) is 24.7 Å². The molecule has 1 rings (SSSR count). The van der Waals surface area contributed by atoms with E-state index in [9.17, 15) is 9.59 Å². The summed E-state index contributed by atoms with van der Waals surface area (Å²) in [6.45, 7) is 2.05. The Labute approximate surface area is 88.7 Å². The first-order chi connectivity index (χ1) is 7.19. The van der Waals surface area contributed by atoms with E-state index in [1.54, 1.807) is 6.07 Å². The first-order valence-corrected chi connectivity index (χ1v) is 5.00. The number of rotatable bonds is 5. The lowest BCUT2D eigenvalue weighted by Gasteiger charge is -2.05. The molecular weight excluding hydrogens is 192 g/mol. The first kappa shape index (κ1) is 11.4. The van der Waals surface area contributed by atoms with Crippen molar-refractivity contribution in [2.24, 2.45) is 0 Å². The summed E-state index contributed by atoms with van der Waals surface area (Å²) >= 11 is 0. The quantitative estimate of drug-likeness (QED) is 0.753. The lowest BCUT2D eigenvalue weighted by Crippen LogP contribution is -2.03. The highest BCUT2D eigenvalue weighted by Gasteiger charge is 2.09. The standard InChI is InChI=1S/C12H14O3/c1-2-3-4-10-7-9(8-13)5-6-11(10)12(14)15/h5-8H,2-4H2,1H3,(H,14,15).